The van der Waals surface area contributed by atoms with Crippen LogP contribution < -0.4 is 5.32 Å². The fourth-order valence-electron chi connectivity index (χ4n) is 2.30. The number of hydrogen-bond donors (Lipinski definition) is 1. The maximum absolute atomic E-state index is 12.2. The van der Waals surface area contributed by atoms with E-state index in [1.165, 1.54) is 0 Å². The van der Waals surface area contributed by atoms with Crippen LogP contribution in [-0.2, 0) is 6.54 Å². The Kier molecular flexibility index (Phi) is 5.19. The SMILES string of the molecule is Cc1sc(CNC(=O)c2ccccc2Cl)nc1-c1ccc(Cl)cc1. The van der Waals surface area contributed by atoms with Crippen LogP contribution in [0.2, 0.25) is 10.0 Å². The van der Waals surface area contributed by atoms with E-state index in [9.17, 15) is 4.79 Å². The predicted molar refractivity (Wildman–Crippen MR) is 99.9 cm³/mol. The summed E-state index contributed by atoms with van der Waals surface area (Å²) in [5.41, 5.74) is 2.39. The summed E-state index contributed by atoms with van der Waals surface area (Å²) < 4.78 is 0. The van der Waals surface area contributed by atoms with Gasteiger partial charge in [-0.2, -0.15) is 0 Å². The van der Waals surface area contributed by atoms with Crippen molar-refractivity contribution in [1.82, 2.24) is 10.3 Å². The summed E-state index contributed by atoms with van der Waals surface area (Å²) in [6.07, 6.45) is 0. The third-order valence-corrected chi connectivity index (χ3v) is 5.03. The molecular formula is C18H14Cl2N2OS. The lowest BCUT2D eigenvalue weighted by molar-refractivity contribution is 0.0951. The van der Waals surface area contributed by atoms with Gasteiger partial charge in [0.1, 0.15) is 5.01 Å². The zero-order valence-electron chi connectivity index (χ0n) is 12.8. The van der Waals surface area contributed by atoms with Crippen LogP contribution in [0.25, 0.3) is 11.3 Å². The number of nitrogens with zero attached hydrogens (tertiary/aromatic N) is 1. The summed E-state index contributed by atoms with van der Waals surface area (Å²) in [7, 11) is 0. The Morgan fingerprint density at radius 1 is 1.12 bits per heavy atom. The van der Waals surface area contributed by atoms with Gasteiger partial charge in [-0.15, -0.1) is 11.3 Å². The third kappa shape index (κ3) is 3.78. The summed E-state index contributed by atoms with van der Waals surface area (Å²) in [5, 5.41) is 4.84. The molecule has 0 bridgehead atoms. The molecule has 3 aromatic rings. The van der Waals surface area contributed by atoms with Gasteiger partial charge in [0.2, 0.25) is 0 Å². The number of nitrogens with one attached hydrogen (secondary N) is 1. The van der Waals surface area contributed by atoms with E-state index >= 15 is 0 Å². The van der Waals surface area contributed by atoms with Crippen LogP contribution in [0.5, 0.6) is 0 Å². The molecule has 0 spiro atoms. The number of amides is 1. The van der Waals surface area contributed by atoms with Gasteiger partial charge in [-0.1, -0.05) is 47.5 Å². The van der Waals surface area contributed by atoms with Crippen LogP contribution in [0.4, 0.5) is 0 Å². The van der Waals surface area contributed by atoms with Gasteiger partial charge in [0.05, 0.1) is 22.8 Å². The minimum Gasteiger partial charge on any atom is -0.345 e. The molecule has 1 amide bonds. The van der Waals surface area contributed by atoms with E-state index < -0.39 is 0 Å². The van der Waals surface area contributed by atoms with Crippen LogP contribution >= 0.6 is 34.5 Å². The van der Waals surface area contributed by atoms with Gasteiger partial charge in [0.15, 0.2) is 0 Å². The number of benzene rings is 2. The first-order valence-electron chi connectivity index (χ1n) is 7.29. The largest absolute Gasteiger partial charge is 0.345 e. The van der Waals surface area contributed by atoms with Gasteiger partial charge in [0, 0.05) is 15.5 Å². The van der Waals surface area contributed by atoms with Crippen molar-refractivity contribution in [2.24, 2.45) is 0 Å². The van der Waals surface area contributed by atoms with Gasteiger partial charge in [-0.05, 0) is 31.2 Å². The topological polar surface area (TPSA) is 42.0 Å². The van der Waals surface area contributed by atoms with Crippen LogP contribution in [0.15, 0.2) is 48.5 Å². The molecule has 3 nitrogen and oxygen atoms in total. The van der Waals surface area contributed by atoms with E-state index in [-0.39, 0.29) is 5.91 Å². The average molecular weight is 377 g/mol. The Hall–Kier alpha value is -1.88. The fourth-order valence-corrected chi connectivity index (χ4v) is 3.54. The van der Waals surface area contributed by atoms with Crippen LogP contribution in [-0.4, -0.2) is 10.9 Å². The quantitative estimate of drug-likeness (QED) is 0.666. The maximum atomic E-state index is 12.2. The van der Waals surface area contributed by atoms with Gasteiger partial charge >= 0.3 is 0 Å². The minimum absolute atomic E-state index is 0.207. The van der Waals surface area contributed by atoms with E-state index in [1.54, 1.807) is 35.6 Å². The van der Waals surface area contributed by atoms with Crippen molar-refractivity contribution in [2.45, 2.75) is 13.5 Å². The summed E-state index contributed by atoms with van der Waals surface area (Å²) >= 11 is 13.5. The highest BCUT2D eigenvalue weighted by Gasteiger charge is 2.13. The fraction of sp³-hybridized carbons (Fsp3) is 0.111. The molecule has 1 N–H and O–H groups in total. The van der Waals surface area contributed by atoms with Crippen molar-refractivity contribution >= 4 is 40.4 Å². The highest BCUT2D eigenvalue weighted by molar-refractivity contribution is 7.12. The average Bonchev–Trinajstić information content (AvgIpc) is 2.95. The molecule has 2 aromatic carbocycles. The molecule has 0 aliphatic rings. The van der Waals surface area contributed by atoms with Gasteiger partial charge in [0.25, 0.3) is 5.91 Å². The van der Waals surface area contributed by atoms with Gasteiger partial charge < -0.3 is 5.32 Å². The van der Waals surface area contributed by atoms with E-state index in [4.69, 9.17) is 23.2 Å². The molecule has 0 radical (unpaired) electrons. The van der Waals surface area contributed by atoms with Crippen LogP contribution in [0.3, 0.4) is 0 Å². The molecule has 0 fully saturated rings. The Morgan fingerprint density at radius 3 is 2.54 bits per heavy atom. The first-order chi connectivity index (χ1) is 11.5. The second kappa shape index (κ2) is 7.34. The molecule has 6 heteroatoms. The molecule has 0 aliphatic heterocycles. The first kappa shape index (κ1) is 17.0. The Labute approximate surface area is 154 Å². The Bertz CT molecular complexity index is 875. The number of rotatable bonds is 4. The number of aromatic nitrogens is 1. The molecule has 0 aliphatic carbocycles. The molecule has 0 saturated carbocycles. The van der Waals surface area contributed by atoms with E-state index in [0.29, 0.717) is 22.2 Å². The maximum Gasteiger partial charge on any atom is 0.253 e. The predicted octanol–water partition coefficient (Wildman–Crippen LogP) is 5.36. The standard InChI is InChI=1S/C18H14Cl2N2OS/c1-11-17(12-6-8-13(19)9-7-12)22-16(24-11)10-21-18(23)14-4-2-3-5-15(14)20/h2-9H,10H2,1H3,(H,21,23). The number of halogens is 2. The summed E-state index contributed by atoms with van der Waals surface area (Å²) in [6, 6.07) is 14.5. The van der Waals surface area contributed by atoms with E-state index in [0.717, 1.165) is 21.1 Å². The zero-order chi connectivity index (χ0) is 17.1. The van der Waals surface area contributed by atoms with Crippen molar-refractivity contribution in [3.63, 3.8) is 0 Å². The lowest BCUT2D eigenvalue weighted by Crippen LogP contribution is -2.22. The van der Waals surface area contributed by atoms with Crippen molar-refractivity contribution in [1.29, 1.82) is 0 Å². The normalized spacial score (nSPS) is 10.6. The van der Waals surface area contributed by atoms with E-state index in [1.807, 2.05) is 31.2 Å². The highest BCUT2D eigenvalue weighted by atomic mass is 35.5. The van der Waals surface area contributed by atoms with Crippen molar-refractivity contribution in [3.05, 3.63) is 74.0 Å². The zero-order valence-corrected chi connectivity index (χ0v) is 15.2. The molecule has 0 unspecified atom stereocenters. The summed E-state index contributed by atoms with van der Waals surface area (Å²) in [6.45, 7) is 2.38. The van der Waals surface area contributed by atoms with Gasteiger partial charge in [-0.3, -0.25) is 4.79 Å². The molecule has 1 aromatic heterocycles. The van der Waals surface area contributed by atoms with E-state index in [2.05, 4.69) is 10.3 Å². The second-order valence-electron chi connectivity index (χ2n) is 5.18. The number of carbonyl (C=O) groups excluding carboxylic acids is 1. The van der Waals surface area contributed by atoms with Crippen LogP contribution in [0, 0.1) is 6.92 Å². The monoisotopic (exact) mass is 376 g/mol. The summed E-state index contributed by atoms with van der Waals surface area (Å²) in [5.74, 6) is -0.207. The Morgan fingerprint density at radius 2 is 1.83 bits per heavy atom. The molecule has 0 atom stereocenters. The molecule has 0 saturated heterocycles. The molecule has 1 heterocycles. The molecular weight excluding hydrogens is 363 g/mol. The minimum atomic E-state index is -0.207. The molecule has 3 rings (SSSR count). The smallest absolute Gasteiger partial charge is 0.253 e. The third-order valence-electron chi connectivity index (χ3n) is 3.48. The number of hydrogen-bond acceptors (Lipinski definition) is 3. The second-order valence-corrected chi connectivity index (χ2v) is 7.31. The lowest BCUT2D eigenvalue weighted by atomic mass is 10.1. The Balaban J connectivity index is 1.73. The first-order valence-corrected chi connectivity index (χ1v) is 8.87. The van der Waals surface area contributed by atoms with Gasteiger partial charge in [-0.25, -0.2) is 4.98 Å². The van der Waals surface area contributed by atoms with Crippen molar-refractivity contribution in [3.8, 4) is 11.3 Å². The van der Waals surface area contributed by atoms with Crippen molar-refractivity contribution < 1.29 is 4.79 Å². The summed E-state index contributed by atoms with van der Waals surface area (Å²) in [4.78, 5) is 17.9. The molecule has 24 heavy (non-hydrogen) atoms. The lowest BCUT2D eigenvalue weighted by Gasteiger charge is -2.04. The highest BCUT2D eigenvalue weighted by Crippen LogP contribution is 2.28. The number of thiazole rings is 1. The number of aryl methyl sites for hydroxylation is 1. The number of carbonyl (C=O) groups is 1. The molecule has 122 valence electrons. The van der Waals surface area contributed by atoms with Crippen LogP contribution in [0.1, 0.15) is 20.2 Å². The van der Waals surface area contributed by atoms with Crippen molar-refractivity contribution in [2.75, 3.05) is 0 Å².